The van der Waals surface area contributed by atoms with E-state index in [4.69, 9.17) is 5.11 Å². The fourth-order valence-electron chi connectivity index (χ4n) is 1.34. The van der Waals surface area contributed by atoms with Gasteiger partial charge < -0.3 is 10.4 Å². The number of H-pyrrole nitrogens is 1. The van der Waals surface area contributed by atoms with Crippen molar-refractivity contribution in [2.24, 2.45) is 5.41 Å². The lowest BCUT2D eigenvalue weighted by atomic mass is 9.90. The first kappa shape index (κ1) is 12.7. The van der Waals surface area contributed by atoms with Crippen molar-refractivity contribution in [1.29, 1.82) is 0 Å². The van der Waals surface area contributed by atoms with Gasteiger partial charge in [0.2, 0.25) is 0 Å². The largest absolute Gasteiger partial charge is 0.396 e. The first-order valence-corrected chi connectivity index (χ1v) is 5.36. The normalized spacial score (nSPS) is 11.5. The average Bonchev–Trinajstić information content (AvgIpc) is 2.61. The Kier molecular flexibility index (Phi) is 4.06. The van der Waals surface area contributed by atoms with Crippen molar-refractivity contribution in [3.63, 3.8) is 0 Å². The second kappa shape index (κ2) is 5.12. The molecule has 0 bridgehead atoms. The van der Waals surface area contributed by atoms with Crippen LogP contribution in [0.15, 0.2) is 6.07 Å². The Labute approximate surface area is 95.3 Å². The standard InChI is InChI=1S/C11H19N3O2/c1-8-6-9(14-13-8)10(16)12-7-11(2,3)4-5-15/h6,15H,4-5,7H2,1-3H3,(H,12,16)(H,13,14). The van der Waals surface area contributed by atoms with Gasteiger partial charge in [-0.05, 0) is 24.8 Å². The number of rotatable bonds is 5. The molecular formula is C11H19N3O2. The van der Waals surface area contributed by atoms with Crippen LogP contribution in [0.1, 0.15) is 36.5 Å². The predicted molar refractivity (Wildman–Crippen MR) is 61.1 cm³/mol. The van der Waals surface area contributed by atoms with E-state index in [1.165, 1.54) is 0 Å². The summed E-state index contributed by atoms with van der Waals surface area (Å²) in [5.74, 6) is -0.185. The second-order valence-electron chi connectivity index (χ2n) is 4.76. The third kappa shape index (κ3) is 3.66. The van der Waals surface area contributed by atoms with E-state index in [9.17, 15) is 4.79 Å². The van der Waals surface area contributed by atoms with E-state index in [0.717, 1.165) is 5.69 Å². The molecule has 0 aliphatic heterocycles. The van der Waals surface area contributed by atoms with Crippen molar-refractivity contribution in [1.82, 2.24) is 15.5 Å². The smallest absolute Gasteiger partial charge is 0.271 e. The first-order valence-electron chi connectivity index (χ1n) is 5.36. The van der Waals surface area contributed by atoms with Crippen molar-refractivity contribution in [3.05, 3.63) is 17.5 Å². The van der Waals surface area contributed by atoms with Crippen LogP contribution < -0.4 is 5.32 Å². The number of hydrogen-bond donors (Lipinski definition) is 3. The van der Waals surface area contributed by atoms with Crippen LogP contribution in [0, 0.1) is 12.3 Å². The minimum atomic E-state index is -0.185. The number of nitrogens with one attached hydrogen (secondary N) is 2. The molecular weight excluding hydrogens is 206 g/mol. The van der Waals surface area contributed by atoms with E-state index in [2.05, 4.69) is 15.5 Å². The Morgan fingerprint density at radius 3 is 2.81 bits per heavy atom. The van der Waals surface area contributed by atoms with E-state index in [-0.39, 0.29) is 17.9 Å². The van der Waals surface area contributed by atoms with Gasteiger partial charge in [0.1, 0.15) is 5.69 Å². The highest BCUT2D eigenvalue weighted by molar-refractivity contribution is 5.92. The summed E-state index contributed by atoms with van der Waals surface area (Å²) in [6, 6.07) is 1.70. The predicted octanol–water partition coefficient (Wildman–Crippen LogP) is 0.857. The highest BCUT2D eigenvalue weighted by Gasteiger charge is 2.19. The molecule has 0 aliphatic rings. The summed E-state index contributed by atoms with van der Waals surface area (Å²) in [7, 11) is 0. The average molecular weight is 225 g/mol. The molecule has 5 nitrogen and oxygen atoms in total. The van der Waals surface area contributed by atoms with Gasteiger partial charge in [0.15, 0.2) is 0 Å². The summed E-state index contributed by atoms with van der Waals surface area (Å²) in [6.45, 7) is 6.50. The lowest BCUT2D eigenvalue weighted by Crippen LogP contribution is -2.34. The first-order chi connectivity index (χ1) is 7.44. The van der Waals surface area contributed by atoms with Gasteiger partial charge in [-0.2, -0.15) is 5.10 Å². The Morgan fingerprint density at radius 2 is 2.31 bits per heavy atom. The molecule has 0 aromatic carbocycles. The lowest BCUT2D eigenvalue weighted by molar-refractivity contribution is 0.0923. The number of aromatic amines is 1. The summed E-state index contributed by atoms with van der Waals surface area (Å²) in [6.07, 6.45) is 0.660. The molecule has 0 fully saturated rings. The van der Waals surface area contributed by atoms with Gasteiger partial charge in [0.05, 0.1) is 0 Å². The van der Waals surface area contributed by atoms with Gasteiger partial charge in [-0.25, -0.2) is 0 Å². The third-order valence-electron chi connectivity index (χ3n) is 2.45. The zero-order valence-corrected chi connectivity index (χ0v) is 10.0. The number of aromatic nitrogens is 2. The topological polar surface area (TPSA) is 78.0 Å². The molecule has 1 aromatic heterocycles. The maximum absolute atomic E-state index is 11.7. The molecule has 1 amide bonds. The molecule has 90 valence electrons. The molecule has 1 aromatic rings. The van der Waals surface area contributed by atoms with Gasteiger partial charge in [0.25, 0.3) is 5.91 Å². The SMILES string of the molecule is Cc1cc(C(=O)NCC(C)(C)CCO)n[nH]1. The van der Waals surface area contributed by atoms with Crippen molar-refractivity contribution in [3.8, 4) is 0 Å². The van der Waals surface area contributed by atoms with Crippen LogP contribution >= 0.6 is 0 Å². The Morgan fingerprint density at radius 1 is 1.62 bits per heavy atom. The van der Waals surface area contributed by atoms with Crippen LogP contribution in [0.2, 0.25) is 0 Å². The maximum Gasteiger partial charge on any atom is 0.271 e. The zero-order chi connectivity index (χ0) is 12.2. The van der Waals surface area contributed by atoms with E-state index >= 15 is 0 Å². The van der Waals surface area contributed by atoms with Crippen molar-refractivity contribution in [2.75, 3.05) is 13.2 Å². The van der Waals surface area contributed by atoms with Gasteiger partial charge in [0, 0.05) is 18.8 Å². The molecule has 0 radical (unpaired) electrons. The number of hydrogen-bond acceptors (Lipinski definition) is 3. The molecule has 3 N–H and O–H groups in total. The van der Waals surface area contributed by atoms with Crippen LogP contribution in [-0.2, 0) is 0 Å². The maximum atomic E-state index is 11.7. The minimum Gasteiger partial charge on any atom is -0.396 e. The molecule has 0 unspecified atom stereocenters. The number of aryl methyl sites for hydroxylation is 1. The fraction of sp³-hybridized carbons (Fsp3) is 0.636. The van der Waals surface area contributed by atoms with Crippen LogP contribution in [0.25, 0.3) is 0 Å². The Balaban J connectivity index is 2.47. The number of amides is 1. The number of nitrogens with zero attached hydrogens (tertiary/aromatic N) is 1. The molecule has 1 rings (SSSR count). The second-order valence-corrected chi connectivity index (χ2v) is 4.76. The summed E-state index contributed by atoms with van der Waals surface area (Å²) >= 11 is 0. The molecule has 0 spiro atoms. The molecule has 0 saturated carbocycles. The third-order valence-corrected chi connectivity index (χ3v) is 2.45. The van der Waals surface area contributed by atoms with Crippen molar-refractivity contribution < 1.29 is 9.90 Å². The lowest BCUT2D eigenvalue weighted by Gasteiger charge is -2.23. The Bertz CT molecular complexity index is 358. The summed E-state index contributed by atoms with van der Waals surface area (Å²) in [4.78, 5) is 11.7. The van der Waals surface area contributed by atoms with E-state index in [1.54, 1.807) is 6.07 Å². The van der Waals surface area contributed by atoms with Crippen molar-refractivity contribution >= 4 is 5.91 Å². The van der Waals surface area contributed by atoms with Crippen LogP contribution in [0.3, 0.4) is 0 Å². The summed E-state index contributed by atoms with van der Waals surface area (Å²) < 4.78 is 0. The van der Waals surface area contributed by atoms with E-state index < -0.39 is 0 Å². The van der Waals surface area contributed by atoms with Crippen LogP contribution in [0.4, 0.5) is 0 Å². The van der Waals surface area contributed by atoms with E-state index in [0.29, 0.717) is 18.7 Å². The molecule has 16 heavy (non-hydrogen) atoms. The van der Waals surface area contributed by atoms with Gasteiger partial charge >= 0.3 is 0 Å². The van der Waals surface area contributed by atoms with Gasteiger partial charge in [-0.1, -0.05) is 13.8 Å². The minimum absolute atomic E-state index is 0.101. The van der Waals surface area contributed by atoms with Crippen LogP contribution in [-0.4, -0.2) is 34.4 Å². The highest BCUT2D eigenvalue weighted by atomic mass is 16.3. The zero-order valence-electron chi connectivity index (χ0n) is 10.0. The highest BCUT2D eigenvalue weighted by Crippen LogP contribution is 2.18. The number of aliphatic hydroxyl groups excluding tert-OH is 1. The molecule has 1 heterocycles. The number of carbonyl (C=O) groups excluding carboxylic acids is 1. The van der Waals surface area contributed by atoms with Gasteiger partial charge in [-0.15, -0.1) is 0 Å². The number of aliphatic hydroxyl groups is 1. The number of carbonyl (C=O) groups is 1. The van der Waals surface area contributed by atoms with Crippen LogP contribution in [0.5, 0.6) is 0 Å². The summed E-state index contributed by atoms with van der Waals surface area (Å²) in [5, 5.41) is 18.3. The van der Waals surface area contributed by atoms with Gasteiger partial charge in [-0.3, -0.25) is 9.89 Å². The molecule has 0 atom stereocenters. The molecule has 0 saturated heterocycles. The quantitative estimate of drug-likeness (QED) is 0.695. The Hall–Kier alpha value is -1.36. The molecule has 0 aliphatic carbocycles. The van der Waals surface area contributed by atoms with Crippen molar-refractivity contribution in [2.45, 2.75) is 27.2 Å². The summed E-state index contributed by atoms with van der Waals surface area (Å²) in [5.41, 5.74) is 1.16. The van der Waals surface area contributed by atoms with E-state index in [1.807, 2.05) is 20.8 Å². The monoisotopic (exact) mass is 225 g/mol. The fourth-order valence-corrected chi connectivity index (χ4v) is 1.34. The molecule has 5 heteroatoms.